The fraction of sp³-hybridized carbons (Fsp3) is 0. The van der Waals surface area contributed by atoms with Crippen LogP contribution < -0.4 is 4.74 Å². The molecular weight excluding hydrogens is 378 g/mol. The minimum absolute atomic E-state index is 0.483. The van der Waals surface area contributed by atoms with Crippen molar-refractivity contribution in [1.29, 1.82) is 0 Å². The van der Waals surface area contributed by atoms with Gasteiger partial charge in [-0.05, 0) is 42.5 Å². The van der Waals surface area contributed by atoms with Crippen LogP contribution in [-0.2, 0) is 0 Å². The second-order valence-corrected chi connectivity index (χ2v) is 6.86. The summed E-state index contributed by atoms with van der Waals surface area (Å²) in [5, 5.41) is 0. The molecule has 0 atom stereocenters. The fourth-order valence-corrected chi connectivity index (χ4v) is 3.41. The van der Waals surface area contributed by atoms with Crippen LogP contribution in [0.2, 0.25) is 0 Å². The van der Waals surface area contributed by atoms with Crippen molar-refractivity contribution in [2.75, 3.05) is 0 Å². The lowest BCUT2D eigenvalue weighted by molar-refractivity contribution is 0.482. The zero-order valence-electron chi connectivity index (χ0n) is 15.7. The molecule has 0 radical (unpaired) electrons. The van der Waals surface area contributed by atoms with E-state index < -0.39 is 0 Å². The molecule has 4 heterocycles. The Morgan fingerprint density at radius 1 is 0.800 bits per heavy atom. The van der Waals surface area contributed by atoms with Crippen molar-refractivity contribution in [2.24, 2.45) is 0 Å². The monoisotopic (exact) mass is 393 g/mol. The molecule has 0 saturated carbocycles. The zero-order valence-corrected chi connectivity index (χ0v) is 15.7. The molecule has 0 amide bonds. The van der Waals surface area contributed by atoms with Crippen molar-refractivity contribution in [1.82, 2.24) is 14.4 Å². The van der Waals surface area contributed by atoms with E-state index in [9.17, 15) is 0 Å². The standard InChI is InChI=1S/C24H15N3O3/c1-2-11-27-15-20(25-22(27)9-1)16-5-3-7-18(13-16)29-19-8-4-6-17(14-19)23-26-24-21(30-23)10-12-28-24/h1-15H. The number of ether oxygens (including phenoxy) is 1. The summed E-state index contributed by atoms with van der Waals surface area (Å²) in [4.78, 5) is 9.04. The van der Waals surface area contributed by atoms with Crippen molar-refractivity contribution < 1.29 is 13.6 Å². The fourth-order valence-electron chi connectivity index (χ4n) is 3.41. The molecule has 144 valence electrons. The van der Waals surface area contributed by atoms with Gasteiger partial charge in [-0.25, -0.2) is 4.98 Å². The first-order chi connectivity index (χ1) is 14.8. The van der Waals surface area contributed by atoms with Gasteiger partial charge >= 0.3 is 0 Å². The summed E-state index contributed by atoms with van der Waals surface area (Å²) in [5.41, 5.74) is 4.70. The normalized spacial score (nSPS) is 11.3. The topological polar surface area (TPSA) is 65.7 Å². The third kappa shape index (κ3) is 2.91. The van der Waals surface area contributed by atoms with Gasteiger partial charge in [-0.1, -0.05) is 24.3 Å². The van der Waals surface area contributed by atoms with Crippen molar-refractivity contribution in [3.8, 4) is 34.2 Å². The number of imidazole rings is 1. The number of pyridine rings is 1. The number of hydrogen-bond acceptors (Lipinski definition) is 5. The molecule has 6 aromatic rings. The lowest BCUT2D eigenvalue weighted by Gasteiger charge is -2.08. The molecule has 30 heavy (non-hydrogen) atoms. The largest absolute Gasteiger partial charge is 0.457 e. The minimum Gasteiger partial charge on any atom is -0.457 e. The Bertz CT molecular complexity index is 1430. The number of oxazole rings is 1. The van der Waals surface area contributed by atoms with Gasteiger partial charge in [0, 0.05) is 29.6 Å². The van der Waals surface area contributed by atoms with Crippen molar-refractivity contribution in [3.05, 3.63) is 91.5 Å². The maximum Gasteiger partial charge on any atom is 0.266 e. The van der Waals surface area contributed by atoms with Crippen LogP contribution in [0.1, 0.15) is 0 Å². The molecule has 0 aliphatic carbocycles. The van der Waals surface area contributed by atoms with Gasteiger partial charge < -0.3 is 18.0 Å². The lowest BCUT2D eigenvalue weighted by atomic mass is 10.1. The summed E-state index contributed by atoms with van der Waals surface area (Å²) in [7, 11) is 0. The van der Waals surface area contributed by atoms with Crippen molar-refractivity contribution in [2.45, 2.75) is 0 Å². The molecule has 0 spiro atoms. The van der Waals surface area contributed by atoms with Crippen LogP contribution in [-0.4, -0.2) is 14.4 Å². The Kier molecular flexibility index (Phi) is 3.67. The van der Waals surface area contributed by atoms with E-state index in [1.54, 1.807) is 12.3 Å². The second kappa shape index (κ2) is 6.63. The average Bonchev–Trinajstić information content (AvgIpc) is 3.48. The van der Waals surface area contributed by atoms with E-state index in [0.29, 0.717) is 22.9 Å². The molecule has 0 saturated heterocycles. The van der Waals surface area contributed by atoms with E-state index >= 15 is 0 Å². The highest BCUT2D eigenvalue weighted by molar-refractivity contribution is 5.71. The summed E-state index contributed by atoms with van der Waals surface area (Å²) in [6.45, 7) is 0. The van der Waals surface area contributed by atoms with Crippen LogP contribution in [0.5, 0.6) is 11.5 Å². The number of fused-ring (bicyclic) bond motifs is 2. The molecule has 4 aromatic heterocycles. The molecule has 6 nitrogen and oxygen atoms in total. The Balaban J connectivity index is 1.30. The Hall–Kier alpha value is -4.32. The van der Waals surface area contributed by atoms with Crippen molar-refractivity contribution in [3.63, 3.8) is 0 Å². The van der Waals surface area contributed by atoms with Gasteiger partial charge in [0.2, 0.25) is 5.89 Å². The zero-order chi connectivity index (χ0) is 19.9. The first kappa shape index (κ1) is 16.6. The van der Waals surface area contributed by atoms with E-state index in [2.05, 4.69) is 9.97 Å². The Morgan fingerprint density at radius 3 is 2.47 bits per heavy atom. The molecule has 0 aliphatic heterocycles. The highest BCUT2D eigenvalue weighted by Crippen LogP contribution is 2.31. The number of nitrogens with zero attached hydrogens (tertiary/aromatic N) is 3. The molecule has 0 aliphatic rings. The van der Waals surface area contributed by atoms with Gasteiger partial charge in [0.05, 0.1) is 12.0 Å². The molecule has 0 N–H and O–H groups in total. The number of rotatable bonds is 4. The van der Waals surface area contributed by atoms with E-state index in [1.807, 2.05) is 83.5 Å². The third-order valence-electron chi connectivity index (χ3n) is 4.83. The van der Waals surface area contributed by atoms with Crippen molar-refractivity contribution >= 4 is 16.9 Å². The van der Waals surface area contributed by atoms with Gasteiger partial charge in [-0.15, -0.1) is 0 Å². The highest BCUT2D eigenvalue weighted by Gasteiger charge is 2.12. The van der Waals surface area contributed by atoms with E-state index in [1.165, 1.54) is 0 Å². The number of aromatic nitrogens is 3. The van der Waals surface area contributed by atoms with Crippen LogP contribution in [0, 0.1) is 0 Å². The Labute approximate surface area is 171 Å². The first-order valence-corrected chi connectivity index (χ1v) is 9.48. The van der Waals surface area contributed by atoms with Gasteiger partial charge in [-0.2, -0.15) is 4.98 Å². The molecule has 0 bridgehead atoms. The van der Waals surface area contributed by atoms with E-state index in [4.69, 9.17) is 13.6 Å². The summed E-state index contributed by atoms with van der Waals surface area (Å²) in [6.07, 6.45) is 5.55. The van der Waals surface area contributed by atoms with Gasteiger partial charge in [0.25, 0.3) is 5.71 Å². The molecular formula is C24H15N3O3. The molecule has 6 heteroatoms. The number of benzene rings is 2. The summed E-state index contributed by atoms with van der Waals surface area (Å²) >= 11 is 0. The predicted molar refractivity (Wildman–Crippen MR) is 112 cm³/mol. The summed E-state index contributed by atoms with van der Waals surface area (Å²) in [6, 6.07) is 23.2. The minimum atomic E-state index is 0.483. The van der Waals surface area contributed by atoms with Gasteiger partial charge in [0.1, 0.15) is 17.1 Å². The van der Waals surface area contributed by atoms with Crippen LogP contribution in [0.4, 0.5) is 0 Å². The summed E-state index contributed by atoms with van der Waals surface area (Å²) < 4.78 is 19.1. The van der Waals surface area contributed by atoms with Crippen LogP contribution in [0.3, 0.4) is 0 Å². The predicted octanol–water partition coefficient (Wildman–Crippen LogP) is 6.19. The number of furan rings is 1. The smallest absolute Gasteiger partial charge is 0.266 e. The highest BCUT2D eigenvalue weighted by atomic mass is 16.5. The molecule has 0 unspecified atom stereocenters. The van der Waals surface area contributed by atoms with E-state index in [0.717, 1.165) is 28.2 Å². The van der Waals surface area contributed by atoms with Crippen LogP contribution in [0.15, 0.2) is 100 Å². The number of hydrogen-bond donors (Lipinski definition) is 0. The van der Waals surface area contributed by atoms with Gasteiger partial charge in [-0.3, -0.25) is 0 Å². The summed E-state index contributed by atoms with van der Waals surface area (Å²) in [5.74, 6) is 1.91. The van der Waals surface area contributed by atoms with Gasteiger partial charge in [0.15, 0.2) is 5.58 Å². The Morgan fingerprint density at radius 2 is 1.63 bits per heavy atom. The lowest BCUT2D eigenvalue weighted by Crippen LogP contribution is -1.86. The molecule has 6 rings (SSSR count). The molecule has 2 aromatic carbocycles. The average molecular weight is 393 g/mol. The maximum atomic E-state index is 6.10. The third-order valence-corrected chi connectivity index (χ3v) is 4.83. The maximum absolute atomic E-state index is 6.10. The molecule has 0 fully saturated rings. The second-order valence-electron chi connectivity index (χ2n) is 6.86. The van der Waals surface area contributed by atoms with Crippen LogP contribution >= 0.6 is 0 Å². The first-order valence-electron chi connectivity index (χ1n) is 9.48. The van der Waals surface area contributed by atoms with E-state index in [-0.39, 0.29) is 0 Å². The van der Waals surface area contributed by atoms with Crippen LogP contribution in [0.25, 0.3) is 39.7 Å². The quantitative estimate of drug-likeness (QED) is 0.357. The SMILES string of the molecule is c1cc(Oc2cccc(-c3nc4occc4o3)c2)cc(-c2cn3ccccc3n2)c1.